The number of carboxylic acids is 1. The molecule has 2 atom stereocenters. The maximum absolute atomic E-state index is 12.1. The summed E-state index contributed by atoms with van der Waals surface area (Å²) in [4.78, 5) is 29.1. The zero-order chi connectivity index (χ0) is 14.7. The van der Waals surface area contributed by atoms with Gasteiger partial charge in [-0.05, 0) is 26.7 Å². The first-order valence-electron chi connectivity index (χ1n) is 6.65. The Kier molecular flexibility index (Phi) is 4.59. The van der Waals surface area contributed by atoms with Crippen molar-refractivity contribution in [2.45, 2.75) is 39.3 Å². The molecular formula is C13H19N3O3S. The highest BCUT2D eigenvalue weighted by molar-refractivity contribution is 7.09. The first kappa shape index (κ1) is 14.8. The third-order valence-corrected chi connectivity index (χ3v) is 4.40. The number of aromatic nitrogens is 1. The molecule has 110 valence electrons. The second-order valence-corrected chi connectivity index (χ2v) is 6.18. The summed E-state index contributed by atoms with van der Waals surface area (Å²) in [7, 11) is 0. The number of likely N-dealkylation sites (tertiary alicyclic amines) is 1. The van der Waals surface area contributed by atoms with Gasteiger partial charge < -0.3 is 15.3 Å². The van der Waals surface area contributed by atoms with E-state index in [1.54, 1.807) is 16.2 Å². The number of nitrogens with one attached hydrogen (secondary N) is 1. The van der Waals surface area contributed by atoms with E-state index in [1.165, 1.54) is 0 Å². The van der Waals surface area contributed by atoms with Crippen LogP contribution in [0.2, 0.25) is 0 Å². The lowest BCUT2D eigenvalue weighted by atomic mass is 9.92. The number of carbonyl (C=O) groups excluding carboxylic acids is 1. The van der Waals surface area contributed by atoms with Crippen molar-refractivity contribution < 1.29 is 14.7 Å². The van der Waals surface area contributed by atoms with Crippen molar-refractivity contribution in [3.8, 4) is 0 Å². The molecule has 7 heteroatoms. The maximum Gasteiger partial charge on any atom is 0.317 e. The lowest BCUT2D eigenvalue weighted by Gasteiger charge is -2.36. The van der Waals surface area contributed by atoms with Gasteiger partial charge in [0.15, 0.2) is 0 Å². The van der Waals surface area contributed by atoms with Crippen LogP contribution >= 0.6 is 11.3 Å². The molecule has 2 N–H and O–H groups in total. The summed E-state index contributed by atoms with van der Waals surface area (Å²) < 4.78 is 0. The third-order valence-electron chi connectivity index (χ3n) is 3.57. The van der Waals surface area contributed by atoms with Crippen LogP contribution in [0, 0.1) is 12.8 Å². The predicted octanol–water partition coefficient (Wildman–Crippen LogP) is 1.85. The number of nitrogens with zero attached hydrogens (tertiary/aromatic N) is 2. The molecule has 0 aromatic carbocycles. The molecule has 1 aliphatic heterocycles. The molecule has 2 rings (SSSR count). The van der Waals surface area contributed by atoms with Gasteiger partial charge in [-0.3, -0.25) is 4.79 Å². The van der Waals surface area contributed by atoms with E-state index in [0.717, 1.165) is 10.7 Å². The molecule has 1 aliphatic rings. The highest BCUT2D eigenvalue weighted by atomic mass is 32.1. The number of aryl methyl sites for hydroxylation is 1. The van der Waals surface area contributed by atoms with Crippen molar-refractivity contribution in [2.75, 3.05) is 6.54 Å². The van der Waals surface area contributed by atoms with Crippen molar-refractivity contribution in [3.05, 3.63) is 16.1 Å². The number of hydrogen-bond acceptors (Lipinski definition) is 4. The molecule has 1 fully saturated rings. The Morgan fingerprint density at radius 2 is 2.35 bits per heavy atom. The van der Waals surface area contributed by atoms with Crippen LogP contribution in [0.25, 0.3) is 0 Å². The van der Waals surface area contributed by atoms with Crippen LogP contribution in [0.3, 0.4) is 0 Å². The molecule has 2 unspecified atom stereocenters. The molecule has 0 saturated carbocycles. The van der Waals surface area contributed by atoms with Crippen LogP contribution in [0.4, 0.5) is 4.79 Å². The quantitative estimate of drug-likeness (QED) is 0.892. The standard InChI is InChI=1S/C13H19N3O3S/c1-8-5-10(12(17)18)3-4-16(8)13(19)14-6-11-7-20-9(2)15-11/h7-8,10H,3-6H2,1-2H3,(H,14,19)(H,17,18). The van der Waals surface area contributed by atoms with Crippen LogP contribution in [-0.4, -0.2) is 39.6 Å². The normalized spacial score (nSPS) is 22.6. The molecule has 2 heterocycles. The number of thiazole rings is 1. The first-order valence-corrected chi connectivity index (χ1v) is 7.53. The molecule has 1 saturated heterocycles. The number of rotatable bonds is 3. The molecular weight excluding hydrogens is 278 g/mol. The van der Waals surface area contributed by atoms with Crippen molar-refractivity contribution in [1.82, 2.24) is 15.2 Å². The van der Waals surface area contributed by atoms with Crippen molar-refractivity contribution in [1.29, 1.82) is 0 Å². The van der Waals surface area contributed by atoms with Crippen LogP contribution in [0.15, 0.2) is 5.38 Å². The minimum Gasteiger partial charge on any atom is -0.481 e. The van der Waals surface area contributed by atoms with Crippen molar-refractivity contribution in [3.63, 3.8) is 0 Å². The number of amides is 2. The van der Waals surface area contributed by atoms with E-state index in [9.17, 15) is 9.59 Å². The van der Waals surface area contributed by atoms with E-state index in [4.69, 9.17) is 5.11 Å². The summed E-state index contributed by atoms with van der Waals surface area (Å²) >= 11 is 1.55. The highest BCUT2D eigenvalue weighted by Gasteiger charge is 2.32. The molecule has 0 bridgehead atoms. The fraction of sp³-hybridized carbons (Fsp3) is 0.615. The van der Waals surface area contributed by atoms with Gasteiger partial charge in [0.05, 0.1) is 23.2 Å². The monoisotopic (exact) mass is 297 g/mol. The molecule has 1 aromatic rings. The molecule has 0 aliphatic carbocycles. The summed E-state index contributed by atoms with van der Waals surface area (Å²) in [6.45, 7) is 4.71. The summed E-state index contributed by atoms with van der Waals surface area (Å²) in [6, 6.07) is -0.200. The van der Waals surface area contributed by atoms with Crippen LogP contribution in [0.1, 0.15) is 30.5 Å². The Morgan fingerprint density at radius 3 is 2.90 bits per heavy atom. The van der Waals surface area contributed by atoms with Crippen LogP contribution < -0.4 is 5.32 Å². The summed E-state index contributed by atoms with van der Waals surface area (Å²) in [5.74, 6) is -1.11. The largest absolute Gasteiger partial charge is 0.481 e. The van der Waals surface area contributed by atoms with E-state index >= 15 is 0 Å². The Labute approximate surface area is 121 Å². The van der Waals surface area contributed by atoms with Crippen molar-refractivity contribution >= 4 is 23.3 Å². The minimum absolute atomic E-state index is 0.0537. The predicted molar refractivity (Wildman–Crippen MR) is 75.6 cm³/mol. The first-order chi connectivity index (χ1) is 9.47. The third kappa shape index (κ3) is 3.47. The lowest BCUT2D eigenvalue weighted by Crippen LogP contribution is -2.50. The Bertz CT molecular complexity index is 503. The Morgan fingerprint density at radius 1 is 1.60 bits per heavy atom. The molecule has 0 radical (unpaired) electrons. The van der Waals surface area contributed by atoms with Gasteiger partial charge in [-0.25, -0.2) is 9.78 Å². The van der Waals surface area contributed by atoms with Gasteiger partial charge in [0.25, 0.3) is 0 Å². The zero-order valence-electron chi connectivity index (χ0n) is 11.6. The van der Waals surface area contributed by atoms with E-state index in [1.807, 2.05) is 19.2 Å². The minimum atomic E-state index is -0.769. The molecule has 2 amide bonds. The fourth-order valence-corrected chi connectivity index (χ4v) is 3.07. The second-order valence-electron chi connectivity index (χ2n) is 5.12. The van der Waals surface area contributed by atoms with Gasteiger partial charge >= 0.3 is 12.0 Å². The van der Waals surface area contributed by atoms with E-state index in [0.29, 0.717) is 25.9 Å². The Balaban J connectivity index is 1.85. The molecule has 1 aromatic heterocycles. The number of piperidine rings is 1. The van der Waals surface area contributed by atoms with Crippen molar-refractivity contribution in [2.24, 2.45) is 5.92 Å². The van der Waals surface area contributed by atoms with Crippen LogP contribution in [-0.2, 0) is 11.3 Å². The molecule has 6 nitrogen and oxygen atoms in total. The number of hydrogen-bond donors (Lipinski definition) is 2. The average molecular weight is 297 g/mol. The maximum atomic E-state index is 12.1. The SMILES string of the molecule is Cc1nc(CNC(=O)N2CCC(C(=O)O)CC2C)cs1. The van der Waals surface area contributed by atoms with Gasteiger partial charge in [-0.15, -0.1) is 11.3 Å². The molecule has 20 heavy (non-hydrogen) atoms. The van der Waals surface area contributed by atoms with Gasteiger partial charge in [0, 0.05) is 18.0 Å². The second kappa shape index (κ2) is 6.21. The number of aliphatic carboxylic acids is 1. The van der Waals surface area contributed by atoms with E-state index in [-0.39, 0.29) is 18.0 Å². The highest BCUT2D eigenvalue weighted by Crippen LogP contribution is 2.23. The van der Waals surface area contributed by atoms with Crippen LogP contribution in [0.5, 0.6) is 0 Å². The number of urea groups is 1. The smallest absolute Gasteiger partial charge is 0.317 e. The summed E-state index contributed by atoms with van der Waals surface area (Å²) in [6.07, 6.45) is 1.03. The Hall–Kier alpha value is -1.63. The number of carboxylic acid groups (broad SMARTS) is 1. The summed E-state index contributed by atoms with van der Waals surface area (Å²) in [5.41, 5.74) is 0.855. The lowest BCUT2D eigenvalue weighted by molar-refractivity contribution is -0.143. The zero-order valence-corrected chi connectivity index (χ0v) is 12.4. The van der Waals surface area contributed by atoms with Gasteiger partial charge in [-0.1, -0.05) is 0 Å². The molecule has 0 spiro atoms. The fourth-order valence-electron chi connectivity index (χ4n) is 2.46. The van der Waals surface area contributed by atoms with E-state index < -0.39 is 5.97 Å². The topological polar surface area (TPSA) is 82.5 Å². The van der Waals surface area contributed by atoms with Gasteiger partial charge in [-0.2, -0.15) is 0 Å². The van der Waals surface area contributed by atoms with Gasteiger partial charge in [0.1, 0.15) is 0 Å². The van der Waals surface area contributed by atoms with E-state index in [2.05, 4.69) is 10.3 Å². The summed E-state index contributed by atoms with van der Waals surface area (Å²) in [5, 5.41) is 14.8. The van der Waals surface area contributed by atoms with Gasteiger partial charge in [0.2, 0.25) is 0 Å². The number of carbonyl (C=O) groups is 2. The average Bonchev–Trinajstić information content (AvgIpc) is 2.81.